The molecule has 0 aliphatic carbocycles. The predicted octanol–water partition coefficient (Wildman–Crippen LogP) is 4.46. The first-order chi connectivity index (χ1) is 8.90. The van der Waals surface area contributed by atoms with E-state index in [0.717, 1.165) is 11.1 Å². The summed E-state index contributed by atoms with van der Waals surface area (Å²) in [4.78, 5) is 11.0. The van der Waals surface area contributed by atoms with Gasteiger partial charge in [-0.2, -0.15) is 0 Å². The maximum Gasteiger partial charge on any atom is 0.335 e. The fourth-order valence-corrected chi connectivity index (χ4v) is 2.32. The van der Waals surface area contributed by atoms with Crippen LogP contribution < -0.4 is 0 Å². The van der Waals surface area contributed by atoms with E-state index < -0.39 is 11.8 Å². The molecule has 1 N–H and O–H groups in total. The molecule has 0 atom stereocenters. The van der Waals surface area contributed by atoms with Gasteiger partial charge in [-0.15, -0.1) is 0 Å². The lowest BCUT2D eigenvalue weighted by atomic mass is 9.96. The Morgan fingerprint density at radius 1 is 1.21 bits per heavy atom. The van der Waals surface area contributed by atoms with Crippen LogP contribution in [0.15, 0.2) is 30.3 Å². The molecule has 0 unspecified atom stereocenters. The van der Waals surface area contributed by atoms with Crippen LogP contribution in [0.25, 0.3) is 11.1 Å². The second-order valence-electron chi connectivity index (χ2n) is 4.44. The Hall–Kier alpha value is -1.87. The molecule has 0 saturated carbocycles. The molecule has 19 heavy (non-hydrogen) atoms. The Morgan fingerprint density at radius 3 is 2.47 bits per heavy atom. The highest BCUT2D eigenvalue weighted by atomic mass is 35.5. The SMILES string of the molecule is Cc1cc(C)c(-c2cc(C(=O)O)ccc2Cl)c(F)c1. The second kappa shape index (κ2) is 5.02. The molecular formula is C15H12ClFO2. The fourth-order valence-electron chi connectivity index (χ4n) is 2.11. The highest BCUT2D eigenvalue weighted by Crippen LogP contribution is 2.33. The number of rotatable bonds is 2. The van der Waals surface area contributed by atoms with Gasteiger partial charge in [-0.25, -0.2) is 9.18 Å². The Labute approximate surface area is 115 Å². The molecule has 4 heteroatoms. The zero-order valence-electron chi connectivity index (χ0n) is 10.5. The minimum absolute atomic E-state index is 0.0822. The first-order valence-corrected chi connectivity index (χ1v) is 6.08. The maximum atomic E-state index is 14.1. The number of carboxylic acids is 1. The third-order valence-electron chi connectivity index (χ3n) is 2.91. The summed E-state index contributed by atoms with van der Waals surface area (Å²) in [7, 11) is 0. The van der Waals surface area contributed by atoms with Gasteiger partial charge in [0.15, 0.2) is 0 Å². The van der Waals surface area contributed by atoms with Crippen LogP contribution in [0.2, 0.25) is 5.02 Å². The Morgan fingerprint density at radius 2 is 1.89 bits per heavy atom. The van der Waals surface area contributed by atoms with Crippen molar-refractivity contribution in [2.45, 2.75) is 13.8 Å². The summed E-state index contributed by atoms with van der Waals surface area (Å²) in [6, 6.07) is 7.51. The first-order valence-electron chi connectivity index (χ1n) is 5.70. The van der Waals surface area contributed by atoms with E-state index in [0.29, 0.717) is 16.1 Å². The van der Waals surface area contributed by atoms with Crippen molar-refractivity contribution in [3.8, 4) is 11.1 Å². The van der Waals surface area contributed by atoms with Crippen LogP contribution in [0.1, 0.15) is 21.5 Å². The number of aromatic carboxylic acids is 1. The van der Waals surface area contributed by atoms with Gasteiger partial charge in [0.25, 0.3) is 0 Å². The molecule has 0 heterocycles. The van der Waals surface area contributed by atoms with E-state index in [9.17, 15) is 9.18 Å². The molecule has 0 spiro atoms. The molecule has 0 aliphatic heterocycles. The Bertz CT molecular complexity index is 642. The van der Waals surface area contributed by atoms with Gasteiger partial charge in [0.2, 0.25) is 0 Å². The number of carboxylic acid groups (broad SMARTS) is 1. The number of halogens is 2. The highest BCUT2D eigenvalue weighted by Gasteiger charge is 2.15. The maximum absolute atomic E-state index is 14.1. The van der Waals surface area contributed by atoms with Crippen molar-refractivity contribution in [3.05, 3.63) is 57.9 Å². The summed E-state index contributed by atoms with van der Waals surface area (Å²) in [5, 5.41) is 9.32. The van der Waals surface area contributed by atoms with E-state index in [1.54, 1.807) is 13.8 Å². The van der Waals surface area contributed by atoms with Crippen molar-refractivity contribution in [2.75, 3.05) is 0 Å². The quantitative estimate of drug-likeness (QED) is 0.880. The van der Waals surface area contributed by atoms with Crippen LogP contribution >= 0.6 is 11.6 Å². The zero-order valence-corrected chi connectivity index (χ0v) is 11.3. The molecular weight excluding hydrogens is 267 g/mol. The number of aryl methyl sites for hydroxylation is 2. The predicted molar refractivity (Wildman–Crippen MR) is 73.3 cm³/mol. The van der Waals surface area contributed by atoms with E-state index in [2.05, 4.69) is 0 Å². The number of carbonyl (C=O) groups is 1. The lowest BCUT2D eigenvalue weighted by molar-refractivity contribution is 0.0697. The van der Waals surface area contributed by atoms with Gasteiger partial charge in [0.1, 0.15) is 5.82 Å². The first kappa shape index (κ1) is 13.6. The van der Waals surface area contributed by atoms with E-state index in [1.165, 1.54) is 24.3 Å². The number of hydrogen-bond donors (Lipinski definition) is 1. The molecule has 2 aromatic rings. The molecule has 0 radical (unpaired) electrons. The van der Waals surface area contributed by atoms with Crippen LogP contribution in [0.4, 0.5) is 4.39 Å². The van der Waals surface area contributed by atoms with Gasteiger partial charge in [0.05, 0.1) is 5.56 Å². The second-order valence-corrected chi connectivity index (χ2v) is 4.85. The van der Waals surface area contributed by atoms with Crippen molar-refractivity contribution in [3.63, 3.8) is 0 Å². The molecule has 0 fully saturated rings. The lowest BCUT2D eigenvalue weighted by Gasteiger charge is -2.11. The van der Waals surface area contributed by atoms with Crippen LogP contribution in [0.5, 0.6) is 0 Å². The van der Waals surface area contributed by atoms with Crippen molar-refractivity contribution in [1.29, 1.82) is 0 Å². The molecule has 0 amide bonds. The summed E-state index contributed by atoms with van der Waals surface area (Å²) in [5.74, 6) is -1.47. The molecule has 2 nitrogen and oxygen atoms in total. The largest absolute Gasteiger partial charge is 0.478 e. The third-order valence-corrected chi connectivity index (χ3v) is 3.24. The average Bonchev–Trinajstić information content (AvgIpc) is 2.29. The molecule has 0 saturated heterocycles. The van der Waals surface area contributed by atoms with Gasteiger partial charge < -0.3 is 5.11 Å². The van der Waals surface area contributed by atoms with Gasteiger partial charge in [0, 0.05) is 16.1 Å². The van der Waals surface area contributed by atoms with Gasteiger partial charge in [-0.05, 0) is 49.2 Å². The summed E-state index contributed by atoms with van der Waals surface area (Å²) in [5.41, 5.74) is 2.36. The number of hydrogen-bond acceptors (Lipinski definition) is 1. The number of benzene rings is 2. The lowest BCUT2D eigenvalue weighted by Crippen LogP contribution is -1.98. The minimum atomic E-state index is -1.07. The topological polar surface area (TPSA) is 37.3 Å². The summed E-state index contributed by atoms with van der Waals surface area (Å²) in [6.07, 6.45) is 0. The fraction of sp³-hybridized carbons (Fsp3) is 0.133. The third kappa shape index (κ3) is 2.61. The zero-order chi connectivity index (χ0) is 14.2. The molecule has 0 aliphatic rings. The van der Waals surface area contributed by atoms with Crippen molar-refractivity contribution < 1.29 is 14.3 Å². The normalized spacial score (nSPS) is 10.5. The molecule has 2 aromatic carbocycles. The molecule has 2 rings (SSSR count). The van der Waals surface area contributed by atoms with Crippen LogP contribution in [0, 0.1) is 19.7 Å². The standard InChI is InChI=1S/C15H12ClFO2/c1-8-5-9(2)14(13(17)6-8)11-7-10(15(18)19)3-4-12(11)16/h3-7H,1-2H3,(H,18,19). The van der Waals surface area contributed by atoms with E-state index >= 15 is 0 Å². The van der Waals surface area contributed by atoms with Crippen molar-refractivity contribution in [1.82, 2.24) is 0 Å². The van der Waals surface area contributed by atoms with E-state index in [4.69, 9.17) is 16.7 Å². The Balaban J connectivity index is 2.71. The van der Waals surface area contributed by atoms with Crippen molar-refractivity contribution >= 4 is 17.6 Å². The molecule has 0 bridgehead atoms. The summed E-state index contributed by atoms with van der Waals surface area (Å²) in [6.45, 7) is 3.57. The molecule has 98 valence electrons. The van der Waals surface area contributed by atoms with E-state index in [-0.39, 0.29) is 5.56 Å². The summed E-state index contributed by atoms with van der Waals surface area (Å²) >= 11 is 6.06. The average molecular weight is 279 g/mol. The highest BCUT2D eigenvalue weighted by molar-refractivity contribution is 6.33. The van der Waals surface area contributed by atoms with Crippen LogP contribution in [-0.2, 0) is 0 Å². The van der Waals surface area contributed by atoms with Crippen molar-refractivity contribution in [2.24, 2.45) is 0 Å². The van der Waals surface area contributed by atoms with Gasteiger partial charge in [-0.3, -0.25) is 0 Å². The monoisotopic (exact) mass is 278 g/mol. The molecule has 0 aromatic heterocycles. The van der Waals surface area contributed by atoms with Crippen LogP contribution in [0.3, 0.4) is 0 Å². The van der Waals surface area contributed by atoms with Gasteiger partial charge in [-0.1, -0.05) is 17.7 Å². The Kier molecular flexibility index (Phi) is 3.58. The van der Waals surface area contributed by atoms with Gasteiger partial charge >= 0.3 is 5.97 Å². The summed E-state index contributed by atoms with van der Waals surface area (Å²) < 4.78 is 14.1. The smallest absolute Gasteiger partial charge is 0.335 e. The van der Waals surface area contributed by atoms with Crippen LogP contribution in [-0.4, -0.2) is 11.1 Å². The van der Waals surface area contributed by atoms with E-state index in [1.807, 2.05) is 6.07 Å². The minimum Gasteiger partial charge on any atom is -0.478 e.